The zero-order valence-electron chi connectivity index (χ0n) is 10.8. The van der Waals surface area contributed by atoms with Crippen molar-refractivity contribution in [1.82, 2.24) is 14.7 Å². The average molecular weight is 312 g/mol. The van der Waals surface area contributed by atoms with Crippen LogP contribution in [-0.4, -0.2) is 34.9 Å². The second-order valence-electron chi connectivity index (χ2n) is 4.33. The van der Waals surface area contributed by atoms with Crippen LogP contribution in [0, 0.1) is 6.92 Å². The number of aromatic nitrogens is 2. The second kappa shape index (κ2) is 5.08. The normalized spacial score (nSPS) is 12.7. The Bertz CT molecular complexity index is 608. The van der Waals surface area contributed by atoms with E-state index in [2.05, 4.69) is 5.10 Å². The van der Waals surface area contributed by atoms with Gasteiger partial charge in [0.25, 0.3) is 10.0 Å². The molecule has 0 amide bonds. The number of sulfonamides is 1. The van der Waals surface area contributed by atoms with Crippen molar-refractivity contribution in [1.29, 1.82) is 0 Å². The molecule has 108 valence electrons. The van der Waals surface area contributed by atoms with Gasteiger partial charge in [-0.05, 0) is 20.8 Å². The van der Waals surface area contributed by atoms with Crippen LogP contribution in [0.25, 0.3) is 0 Å². The molecule has 19 heavy (non-hydrogen) atoms. The molecule has 1 aromatic heterocycles. The van der Waals surface area contributed by atoms with E-state index in [0.717, 1.165) is 0 Å². The summed E-state index contributed by atoms with van der Waals surface area (Å²) in [5.74, 6) is -1.32. The first-order chi connectivity index (χ1) is 8.49. The van der Waals surface area contributed by atoms with E-state index >= 15 is 0 Å². The van der Waals surface area contributed by atoms with Gasteiger partial charge in [0, 0.05) is 7.05 Å². The Balaban J connectivity index is 3.04. The Hall–Kier alpha value is -1.16. The van der Waals surface area contributed by atoms with Gasteiger partial charge in [-0.2, -0.15) is 5.10 Å². The van der Waals surface area contributed by atoms with Gasteiger partial charge in [0.2, 0.25) is 0 Å². The number of carboxylic acid groups (broad SMARTS) is 1. The number of halogens is 1. The molecule has 2 N–H and O–H groups in total. The molecular weight excluding hydrogens is 298 g/mol. The second-order valence-corrected chi connectivity index (χ2v) is 6.27. The lowest BCUT2D eigenvalue weighted by Gasteiger charge is -2.19. The van der Waals surface area contributed by atoms with E-state index in [1.54, 1.807) is 4.89 Å². The maximum atomic E-state index is 12.0. The van der Waals surface area contributed by atoms with Crippen LogP contribution in [-0.2, 0) is 26.7 Å². The van der Waals surface area contributed by atoms with Gasteiger partial charge in [0.1, 0.15) is 10.0 Å². The van der Waals surface area contributed by atoms with Gasteiger partial charge in [0.05, 0.1) is 5.69 Å². The fraction of sp³-hybridized carbons (Fsp3) is 0.556. The molecule has 0 aliphatic heterocycles. The highest BCUT2D eigenvalue weighted by Crippen LogP contribution is 2.24. The third-order valence-electron chi connectivity index (χ3n) is 2.29. The summed E-state index contributed by atoms with van der Waals surface area (Å²) in [5, 5.41) is 12.6. The van der Waals surface area contributed by atoms with Gasteiger partial charge >= 0.3 is 5.97 Å². The number of rotatable bonds is 5. The molecule has 0 saturated carbocycles. The molecule has 1 rings (SSSR count). The molecule has 1 aromatic rings. The number of carboxylic acids is 1. The minimum Gasteiger partial charge on any atom is -0.479 e. The van der Waals surface area contributed by atoms with Crippen molar-refractivity contribution in [2.24, 2.45) is 7.05 Å². The monoisotopic (exact) mass is 311 g/mol. The van der Waals surface area contributed by atoms with E-state index in [9.17, 15) is 13.2 Å². The molecule has 10 heteroatoms. The summed E-state index contributed by atoms with van der Waals surface area (Å²) < 4.78 is 25.2. The SMILES string of the molecule is Cc1nn(C)c(Cl)c1S(=O)(=O)NOC(C)(C)C(=O)O. The number of carbonyl (C=O) groups is 1. The molecule has 0 spiro atoms. The number of hydrogen-bond donors (Lipinski definition) is 2. The van der Waals surface area contributed by atoms with Crippen molar-refractivity contribution in [2.45, 2.75) is 31.3 Å². The topological polar surface area (TPSA) is 111 Å². The largest absolute Gasteiger partial charge is 0.479 e. The van der Waals surface area contributed by atoms with Crippen LogP contribution in [0.3, 0.4) is 0 Å². The molecule has 8 nitrogen and oxygen atoms in total. The molecule has 0 radical (unpaired) electrons. The molecule has 0 aromatic carbocycles. The summed E-state index contributed by atoms with van der Waals surface area (Å²) in [6.45, 7) is 3.87. The van der Waals surface area contributed by atoms with Gasteiger partial charge in [-0.25, -0.2) is 13.2 Å². The highest BCUT2D eigenvalue weighted by molar-refractivity contribution is 7.89. The summed E-state index contributed by atoms with van der Waals surface area (Å²) >= 11 is 5.82. The Morgan fingerprint density at radius 2 is 2.05 bits per heavy atom. The van der Waals surface area contributed by atoms with Crippen LogP contribution in [0.15, 0.2) is 4.90 Å². The number of hydrogen-bond acceptors (Lipinski definition) is 5. The number of nitrogens with one attached hydrogen (secondary N) is 1. The van der Waals surface area contributed by atoms with Gasteiger partial charge in [-0.3, -0.25) is 9.52 Å². The molecule has 0 atom stereocenters. The van der Waals surface area contributed by atoms with E-state index in [4.69, 9.17) is 21.5 Å². The van der Waals surface area contributed by atoms with Crippen molar-refractivity contribution >= 4 is 27.6 Å². The zero-order chi connectivity index (χ0) is 15.0. The third kappa shape index (κ3) is 3.24. The maximum Gasteiger partial charge on any atom is 0.337 e. The lowest BCUT2D eigenvalue weighted by molar-refractivity contribution is -0.165. The van der Waals surface area contributed by atoms with Crippen LogP contribution < -0.4 is 4.89 Å². The van der Waals surface area contributed by atoms with Gasteiger partial charge in [-0.15, -0.1) is 0 Å². The van der Waals surface area contributed by atoms with E-state index < -0.39 is 21.6 Å². The molecule has 1 heterocycles. The minimum atomic E-state index is -4.12. The first-order valence-electron chi connectivity index (χ1n) is 5.11. The van der Waals surface area contributed by atoms with Gasteiger partial charge < -0.3 is 5.11 Å². The van der Waals surface area contributed by atoms with Crippen molar-refractivity contribution in [3.8, 4) is 0 Å². The van der Waals surface area contributed by atoms with Crippen LogP contribution in [0.5, 0.6) is 0 Å². The van der Waals surface area contributed by atoms with Crippen molar-refractivity contribution in [3.63, 3.8) is 0 Å². The smallest absolute Gasteiger partial charge is 0.337 e. The summed E-state index contributed by atoms with van der Waals surface area (Å²) in [4.78, 5) is 17.0. The lowest BCUT2D eigenvalue weighted by Crippen LogP contribution is -2.42. The number of aliphatic carboxylic acids is 1. The standard InChI is InChI=1S/C9H14ClN3O5S/c1-5-6(7(10)13(4)11-5)19(16,17)12-18-9(2,3)8(14)15/h12H,1-4H3,(H,14,15). The summed E-state index contributed by atoms with van der Waals surface area (Å²) in [5.41, 5.74) is -1.54. The number of aryl methyl sites for hydroxylation is 2. The maximum absolute atomic E-state index is 12.0. The fourth-order valence-electron chi connectivity index (χ4n) is 1.16. The van der Waals surface area contributed by atoms with E-state index in [1.807, 2.05) is 0 Å². The van der Waals surface area contributed by atoms with E-state index in [0.29, 0.717) is 0 Å². The molecule has 0 aliphatic carbocycles. The van der Waals surface area contributed by atoms with Crippen molar-refractivity contribution < 1.29 is 23.2 Å². The van der Waals surface area contributed by atoms with Crippen LogP contribution >= 0.6 is 11.6 Å². The first-order valence-corrected chi connectivity index (χ1v) is 6.97. The zero-order valence-corrected chi connectivity index (χ0v) is 12.3. The molecule has 0 bridgehead atoms. The summed E-state index contributed by atoms with van der Waals surface area (Å²) in [6.07, 6.45) is 0. The molecule has 0 saturated heterocycles. The van der Waals surface area contributed by atoms with E-state index in [-0.39, 0.29) is 15.7 Å². The summed E-state index contributed by atoms with van der Waals surface area (Å²) in [6, 6.07) is 0. The average Bonchev–Trinajstić information content (AvgIpc) is 2.51. The fourth-order valence-corrected chi connectivity index (χ4v) is 2.82. The van der Waals surface area contributed by atoms with Crippen molar-refractivity contribution in [3.05, 3.63) is 10.8 Å². The quantitative estimate of drug-likeness (QED) is 0.764. The predicted molar refractivity (Wildman–Crippen MR) is 66.1 cm³/mol. The third-order valence-corrected chi connectivity index (χ3v) is 4.17. The first kappa shape index (κ1) is 15.9. The van der Waals surface area contributed by atoms with Crippen molar-refractivity contribution in [2.75, 3.05) is 0 Å². The highest BCUT2D eigenvalue weighted by Gasteiger charge is 2.33. The molecule has 0 unspecified atom stereocenters. The lowest BCUT2D eigenvalue weighted by atomic mass is 10.1. The molecule has 0 aliphatic rings. The van der Waals surface area contributed by atoms with E-state index in [1.165, 1.54) is 32.5 Å². The van der Waals surface area contributed by atoms with Crippen LogP contribution in [0.1, 0.15) is 19.5 Å². The van der Waals surface area contributed by atoms with Gasteiger partial charge in [-0.1, -0.05) is 16.5 Å². The molecular formula is C9H14ClN3O5S. The highest BCUT2D eigenvalue weighted by atomic mass is 35.5. The summed E-state index contributed by atoms with van der Waals surface area (Å²) in [7, 11) is -2.64. The Kier molecular flexibility index (Phi) is 4.25. The number of nitrogens with zero attached hydrogens (tertiary/aromatic N) is 2. The minimum absolute atomic E-state index is 0.0956. The predicted octanol–water partition coefficient (Wildman–Crippen LogP) is 0.455. The Morgan fingerprint density at radius 1 is 1.53 bits per heavy atom. The van der Waals surface area contributed by atoms with Crippen LogP contribution in [0.2, 0.25) is 5.15 Å². The Labute approximate surface area is 115 Å². The Morgan fingerprint density at radius 3 is 2.42 bits per heavy atom. The van der Waals surface area contributed by atoms with Crippen LogP contribution in [0.4, 0.5) is 0 Å². The van der Waals surface area contributed by atoms with Gasteiger partial charge in [0.15, 0.2) is 5.60 Å². The molecule has 0 fully saturated rings.